The van der Waals surface area contributed by atoms with Gasteiger partial charge in [-0.3, -0.25) is 4.79 Å². The number of nitrogens with one attached hydrogen (secondary N) is 2. The van der Waals surface area contributed by atoms with Crippen molar-refractivity contribution in [3.8, 4) is 0 Å². The van der Waals surface area contributed by atoms with Crippen molar-refractivity contribution >= 4 is 35.1 Å². The molecule has 2 aromatic rings. The van der Waals surface area contributed by atoms with Crippen LogP contribution in [-0.2, 0) is 14.3 Å². The van der Waals surface area contributed by atoms with Crippen LogP contribution in [0.1, 0.15) is 46.0 Å². The molecule has 0 aliphatic rings. The van der Waals surface area contributed by atoms with E-state index in [0.29, 0.717) is 27.5 Å². The Hall–Kier alpha value is -2.80. The fourth-order valence-corrected chi connectivity index (χ4v) is 2.64. The third-order valence-corrected chi connectivity index (χ3v) is 4.14. The predicted molar refractivity (Wildman–Crippen MR) is 101 cm³/mol. The van der Waals surface area contributed by atoms with Crippen LogP contribution in [0.25, 0.3) is 0 Å². The van der Waals surface area contributed by atoms with Crippen LogP contribution >= 0.6 is 11.6 Å². The molecule has 0 saturated carbocycles. The number of carbonyl (C=O) groups excluding carboxylic acids is 3. The van der Waals surface area contributed by atoms with Gasteiger partial charge in [0.2, 0.25) is 0 Å². The van der Waals surface area contributed by atoms with Gasteiger partial charge in [-0.05, 0) is 57.5 Å². The summed E-state index contributed by atoms with van der Waals surface area (Å²) in [4.78, 5) is 39.5. The zero-order valence-corrected chi connectivity index (χ0v) is 16.3. The first-order valence-electron chi connectivity index (χ1n) is 8.38. The van der Waals surface area contributed by atoms with E-state index in [1.165, 1.54) is 6.92 Å². The molecule has 0 unspecified atom stereocenters. The first-order valence-corrected chi connectivity index (χ1v) is 8.76. The molecule has 1 atom stereocenters. The maximum atomic E-state index is 12.4. The van der Waals surface area contributed by atoms with Crippen LogP contribution in [0, 0.1) is 13.8 Å². The number of amides is 1. The number of rotatable bonds is 6. The second-order valence-corrected chi connectivity index (χ2v) is 6.33. The molecule has 2 N–H and O–H groups in total. The third kappa shape index (κ3) is 4.89. The smallest absolute Gasteiger partial charge is 0.355 e. The van der Waals surface area contributed by atoms with E-state index in [-0.39, 0.29) is 12.3 Å². The highest BCUT2D eigenvalue weighted by Gasteiger charge is 2.26. The lowest BCUT2D eigenvalue weighted by Crippen LogP contribution is -2.30. The Labute approximate surface area is 162 Å². The standard InChI is InChI=1S/C19H21ClN2O5/c1-5-26-18(24)15-10(2)16(21-11(15)3)19(25)27-12(4)17(23)22-14-8-6-13(20)7-9-14/h6-9,12,21H,5H2,1-4H3,(H,22,23)/t12-/m0/s1. The molecule has 144 valence electrons. The summed E-state index contributed by atoms with van der Waals surface area (Å²) >= 11 is 5.80. The minimum atomic E-state index is -1.04. The number of H-pyrrole nitrogens is 1. The highest BCUT2D eigenvalue weighted by atomic mass is 35.5. The molecule has 0 radical (unpaired) electrons. The normalized spacial score (nSPS) is 11.6. The van der Waals surface area contributed by atoms with Crippen LogP contribution in [0.15, 0.2) is 24.3 Å². The van der Waals surface area contributed by atoms with Crippen molar-refractivity contribution < 1.29 is 23.9 Å². The Morgan fingerprint density at radius 1 is 1.15 bits per heavy atom. The molecule has 1 aromatic carbocycles. The summed E-state index contributed by atoms with van der Waals surface area (Å²) in [6.45, 7) is 6.66. The van der Waals surface area contributed by atoms with Crippen LogP contribution in [0.5, 0.6) is 0 Å². The number of aryl methyl sites for hydroxylation is 1. The molecule has 0 spiro atoms. The Balaban J connectivity index is 2.07. The van der Waals surface area contributed by atoms with Crippen molar-refractivity contribution in [2.75, 3.05) is 11.9 Å². The van der Waals surface area contributed by atoms with Crippen LogP contribution in [-0.4, -0.2) is 35.5 Å². The van der Waals surface area contributed by atoms with Gasteiger partial charge in [0.15, 0.2) is 6.10 Å². The number of aromatic amines is 1. The SMILES string of the molecule is CCOC(=O)c1c(C)[nH]c(C(=O)O[C@@H](C)C(=O)Nc2ccc(Cl)cc2)c1C. The molecule has 1 amide bonds. The van der Waals surface area contributed by atoms with E-state index < -0.39 is 23.9 Å². The zero-order valence-electron chi connectivity index (χ0n) is 15.5. The Kier molecular flexibility index (Phi) is 6.63. The Bertz CT molecular complexity index is 858. The molecule has 7 nitrogen and oxygen atoms in total. The van der Waals surface area contributed by atoms with Crippen LogP contribution < -0.4 is 5.32 Å². The van der Waals surface area contributed by atoms with E-state index in [1.54, 1.807) is 45.0 Å². The lowest BCUT2D eigenvalue weighted by atomic mass is 10.1. The largest absolute Gasteiger partial charge is 0.462 e. The highest BCUT2D eigenvalue weighted by Crippen LogP contribution is 2.20. The lowest BCUT2D eigenvalue weighted by Gasteiger charge is -2.13. The van der Waals surface area contributed by atoms with Gasteiger partial charge < -0.3 is 19.8 Å². The minimum absolute atomic E-state index is 0.113. The fraction of sp³-hybridized carbons (Fsp3) is 0.316. The maximum absolute atomic E-state index is 12.4. The van der Waals surface area contributed by atoms with Crippen molar-refractivity contribution in [3.05, 3.63) is 51.8 Å². The molecule has 2 rings (SSSR count). The topological polar surface area (TPSA) is 97.5 Å². The number of aromatic nitrogens is 1. The number of ether oxygens (including phenoxy) is 2. The molecule has 1 aromatic heterocycles. The van der Waals surface area contributed by atoms with Crippen molar-refractivity contribution in [3.63, 3.8) is 0 Å². The number of benzene rings is 1. The van der Waals surface area contributed by atoms with E-state index in [0.717, 1.165) is 0 Å². The molecular weight excluding hydrogens is 372 g/mol. The van der Waals surface area contributed by atoms with Crippen LogP contribution in [0.2, 0.25) is 5.02 Å². The van der Waals surface area contributed by atoms with Crippen molar-refractivity contribution in [2.24, 2.45) is 0 Å². The quantitative estimate of drug-likeness (QED) is 0.731. The number of esters is 2. The summed E-state index contributed by atoms with van der Waals surface area (Å²) in [6.07, 6.45) is -1.04. The summed E-state index contributed by atoms with van der Waals surface area (Å²) < 4.78 is 10.2. The number of anilines is 1. The van der Waals surface area contributed by atoms with E-state index in [1.807, 2.05) is 0 Å². The van der Waals surface area contributed by atoms with E-state index in [2.05, 4.69) is 10.3 Å². The molecular formula is C19H21ClN2O5. The summed E-state index contributed by atoms with van der Waals surface area (Å²) in [5.41, 5.74) is 1.85. The number of hydrogen-bond donors (Lipinski definition) is 2. The summed E-state index contributed by atoms with van der Waals surface area (Å²) in [5.74, 6) is -1.74. The lowest BCUT2D eigenvalue weighted by molar-refractivity contribution is -0.123. The van der Waals surface area contributed by atoms with Crippen LogP contribution in [0.4, 0.5) is 5.69 Å². The molecule has 27 heavy (non-hydrogen) atoms. The predicted octanol–water partition coefficient (Wildman–Crippen LogP) is 3.65. The first-order chi connectivity index (χ1) is 12.7. The fourth-order valence-electron chi connectivity index (χ4n) is 2.51. The number of hydrogen-bond acceptors (Lipinski definition) is 5. The Morgan fingerprint density at radius 2 is 1.78 bits per heavy atom. The average Bonchev–Trinajstić information content (AvgIpc) is 2.91. The van der Waals surface area contributed by atoms with Gasteiger partial charge in [0, 0.05) is 16.4 Å². The highest BCUT2D eigenvalue weighted by molar-refractivity contribution is 6.30. The van der Waals surface area contributed by atoms with Crippen molar-refractivity contribution in [2.45, 2.75) is 33.8 Å². The second kappa shape index (κ2) is 8.73. The van der Waals surface area contributed by atoms with Gasteiger partial charge in [0.25, 0.3) is 5.91 Å². The third-order valence-electron chi connectivity index (χ3n) is 3.89. The summed E-state index contributed by atoms with van der Waals surface area (Å²) in [5, 5.41) is 3.18. The molecule has 0 aliphatic heterocycles. The summed E-state index contributed by atoms with van der Waals surface area (Å²) in [6, 6.07) is 6.55. The average molecular weight is 393 g/mol. The molecule has 8 heteroatoms. The van der Waals surface area contributed by atoms with Crippen molar-refractivity contribution in [1.82, 2.24) is 4.98 Å². The minimum Gasteiger partial charge on any atom is -0.462 e. The molecule has 0 fully saturated rings. The molecule has 1 heterocycles. The first kappa shape index (κ1) is 20.5. The van der Waals surface area contributed by atoms with Gasteiger partial charge in [0.05, 0.1) is 12.2 Å². The van der Waals surface area contributed by atoms with E-state index >= 15 is 0 Å². The van der Waals surface area contributed by atoms with Crippen LogP contribution in [0.3, 0.4) is 0 Å². The zero-order chi connectivity index (χ0) is 20.1. The molecule has 0 aliphatic carbocycles. The van der Waals surface area contributed by atoms with Gasteiger partial charge in [-0.1, -0.05) is 11.6 Å². The van der Waals surface area contributed by atoms with Crippen molar-refractivity contribution in [1.29, 1.82) is 0 Å². The van der Waals surface area contributed by atoms with E-state index in [4.69, 9.17) is 21.1 Å². The molecule has 0 bridgehead atoms. The van der Waals surface area contributed by atoms with Gasteiger partial charge >= 0.3 is 11.9 Å². The Morgan fingerprint density at radius 3 is 2.37 bits per heavy atom. The van der Waals surface area contributed by atoms with E-state index in [9.17, 15) is 14.4 Å². The number of carbonyl (C=O) groups is 3. The summed E-state index contributed by atoms with van der Waals surface area (Å²) in [7, 11) is 0. The van der Waals surface area contributed by atoms with Gasteiger partial charge in [-0.25, -0.2) is 9.59 Å². The second-order valence-electron chi connectivity index (χ2n) is 5.89. The monoisotopic (exact) mass is 392 g/mol. The maximum Gasteiger partial charge on any atom is 0.355 e. The molecule has 0 saturated heterocycles. The van der Waals surface area contributed by atoms with Gasteiger partial charge in [-0.2, -0.15) is 0 Å². The number of halogens is 1. The van der Waals surface area contributed by atoms with Gasteiger partial charge in [-0.15, -0.1) is 0 Å². The van der Waals surface area contributed by atoms with Gasteiger partial charge in [0.1, 0.15) is 5.69 Å².